The summed E-state index contributed by atoms with van der Waals surface area (Å²) >= 11 is 0. The van der Waals surface area contributed by atoms with Gasteiger partial charge in [-0.05, 0) is 25.8 Å². The molecule has 65 heavy (non-hydrogen) atoms. The Kier molecular flexibility index (Phi) is 54.6. The molecule has 0 heterocycles. The van der Waals surface area contributed by atoms with E-state index in [1.165, 1.54) is 44.9 Å². The number of unbranched alkanes of at least 4 members (excludes halogenated alkanes) is 20. The van der Waals surface area contributed by atoms with Gasteiger partial charge in [0, 0.05) is 12.8 Å². The molecule has 0 aromatic carbocycles. The minimum atomic E-state index is -6.09. The van der Waals surface area contributed by atoms with Crippen molar-refractivity contribution in [1.82, 2.24) is 0 Å². The van der Waals surface area contributed by atoms with Gasteiger partial charge in [-0.1, -0.05) is 129 Å². The molecule has 3 unspecified atom stereocenters. The molecule has 0 spiro atoms. The molecule has 1 fully saturated rings. The molecule has 20 nitrogen and oxygen atoms in total. The van der Waals surface area contributed by atoms with Gasteiger partial charge >= 0.3 is 160 Å². The Hall–Kier alpha value is 4.11. The van der Waals surface area contributed by atoms with Crippen molar-refractivity contribution in [2.75, 3.05) is 19.8 Å². The summed E-state index contributed by atoms with van der Waals surface area (Å²) in [4.78, 5) is 83.2. The molecule has 1 aliphatic rings. The quantitative estimate of drug-likeness (QED) is 0.0194. The Morgan fingerprint density at radius 1 is 0.508 bits per heavy atom. The second-order valence-corrected chi connectivity index (χ2v) is 18.9. The van der Waals surface area contributed by atoms with Crippen molar-refractivity contribution in [3.8, 4) is 0 Å². The van der Waals surface area contributed by atoms with Gasteiger partial charge in [0.25, 0.3) is 7.82 Å². The molecule has 0 bridgehead atoms. The summed E-state index contributed by atoms with van der Waals surface area (Å²) in [6.45, 7) is 1.21. The number of carbonyl (C=O) groups excluding carboxylic acids is 2. The number of aliphatic hydroxyl groups excluding tert-OH is 3. The number of hydrogen-bond acceptors (Lipinski definition) is 20. The maximum absolute atomic E-state index is 12.9. The first-order valence-corrected chi connectivity index (χ1v) is 25.8. The summed E-state index contributed by atoms with van der Waals surface area (Å²) in [7, 11) is -18.0. The summed E-state index contributed by atoms with van der Waals surface area (Å²) in [5, 5.41) is 31.4. The van der Waals surface area contributed by atoms with Gasteiger partial charge < -0.3 is 82.2 Å². The Balaban J connectivity index is -0.00000240. The maximum atomic E-state index is 12.9. The van der Waals surface area contributed by atoms with Crippen LogP contribution in [0, 0.1) is 0 Å². The van der Waals surface area contributed by atoms with E-state index in [4.69, 9.17) is 19.7 Å². The molecule has 0 aromatic rings. The second-order valence-electron chi connectivity index (χ2n) is 15.3. The zero-order valence-electron chi connectivity index (χ0n) is 39.9. The van der Waals surface area contributed by atoms with Gasteiger partial charge in [-0.3, -0.25) is 14.2 Å². The third-order valence-electron chi connectivity index (χ3n) is 9.99. The number of ether oxygens (including phenoxy) is 2. The minimum Gasteiger partial charge on any atom is -0.790 e. The van der Waals surface area contributed by atoms with Gasteiger partial charge in [0.1, 0.15) is 43.2 Å². The van der Waals surface area contributed by atoms with Crippen molar-refractivity contribution in [2.45, 2.75) is 204 Å². The van der Waals surface area contributed by atoms with Gasteiger partial charge in [-0.25, -0.2) is 0 Å². The van der Waals surface area contributed by atoms with E-state index in [9.17, 15) is 63.1 Å². The van der Waals surface area contributed by atoms with Crippen LogP contribution in [0.1, 0.15) is 161 Å². The number of phosphoric acid groups is 3. The zero-order chi connectivity index (χ0) is 45.0. The fraction of sp³-hybridized carbons (Fsp3) is 0.946. The first-order valence-electron chi connectivity index (χ1n) is 21.4. The van der Waals surface area contributed by atoms with Crippen LogP contribution in [-0.2, 0) is 50.9 Å². The summed E-state index contributed by atoms with van der Waals surface area (Å²) in [6, 6.07) is 0. The van der Waals surface area contributed by atoms with E-state index in [0.717, 1.165) is 83.5 Å². The van der Waals surface area contributed by atoms with Crippen LogP contribution in [0.4, 0.5) is 0 Å². The molecule has 28 heteroatoms. The van der Waals surface area contributed by atoms with E-state index >= 15 is 0 Å². The smallest absolute Gasteiger partial charge is 0.790 e. The van der Waals surface area contributed by atoms with Crippen molar-refractivity contribution in [3.63, 3.8) is 0 Å². The summed E-state index contributed by atoms with van der Waals surface area (Å²) in [6.07, 6.45) is 5.14. The molecule has 1 aliphatic carbocycles. The molecular formula is C37H69NNa5O19P3. The summed E-state index contributed by atoms with van der Waals surface area (Å²) in [5.74, 6) is -1.40. The molecule has 0 aliphatic heterocycles. The van der Waals surface area contributed by atoms with Crippen LogP contribution in [0.15, 0.2) is 0 Å². The number of rotatable bonds is 37. The molecule has 8 atom stereocenters. The first kappa shape index (κ1) is 78.0. The minimum absolute atomic E-state index is 0. The zero-order valence-corrected chi connectivity index (χ0v) is 52.6. The van der Waals surface area contributed by atoms with Crippen molar-refractivity contribution < 1.29 is 238 Å². The molecule has 0 saturated heterocycles. The van der Waals surface area contributed by atoms with E-state index in [1.54, 1.807) is 0 Å². The molecule has 0 amide bonds. The van der Waals surface area contributed by atoms with Crippen molar-refractivity contribution in [2.24, 2.45) is 5.73 Å². The van der Waals surface area contributed by atoms with Crippen LogP contribution in [0.25, 0.3) is 0 Å². The number of carbonyl (C=O) groups is 2. The SMILES string of the molecule is CCCCCCCCCCCCCCCC(=O)O[C@H](COC(=O)CCCCCCCCCCCN)COP(=O)([O-])OC1[C@H](O)[C@H](OP(=O)([O-])[O-])C(O)[C@H](OP(=O)([O-])[O-])[C@H]1O.[Na+].[Na+].[Na+].[Na+].[Na+]. The average molecular weight is 1040 g/mol. The van der Waals surface area contributed by atoms with E-state index < -0.39 is 91.3 Å². The Morgan fingerprint density at radius 2 is 0.831 bits per heavy atom. The normalized spacial score (nSPS) is 20.9. The monoisotopic (exact) mass is 1040 g/mol. The molecule has 0 aromatic heterocycles. The predicted octanol–water partition coefficient (Wildman–Crippen LogP) is -12.8. The van der Waals surface area contributed by atoms with Gasteiger partial charge in [-0.15, -0.1) is 0 Å². The van der Waals surface area contributed by atoms with Crippen LogP contribution >= 0.6 is 23.5 Å². The Bertz CT molecular complexity index is 1290. The van der Waals surface area contributed by atoms with E-state index in [2.05, 4.69) is 20.5 Å². The number of aliphatic hydroxyl groups is 3. The van der Waals surface area contributed by atoms with Gasteiger partial charge in [0.05, 0.1) is 22.3 Å². The fourth-order valence-corrected chi connectivity index (χ4v) is 8.80. The van der Waals surface area contributed by atoms with Crippen LogP contribution in [0.3, 0.4) is 0 Å². The van der Waals surface area contributed by atoms with E-state index in [0.29, 0.717) is 19.4 Å². The molecule has 356 valence electrons. The van der Waals surface area contributed by atoms with Gasteiger partial charge in [0.15, 0.2) is 6.10 Å². The van der Waals surface area contributed by atoms with Crippen molar-refractivity contribution in [1.29, 1.82) is 0 Å². The van der Waals surface area contributed by atoms with E-state index in [-0.39, 0.29) is 161 Å². The Labute approximate surface area is 496 Å². The first-order chi connectivity index (χ1) is 28.3. The molecule has 0 radical (unpaired) electrons. The van der Waals surface area contributed by atoms with Crippen molar-refractivity contribution >= 4 is 35.4 Å². The third-order valence-corrected chi connectivity index (χ3v) is 12.0. The number of esters is 2. The molecule has 5 N–H and O–H groups in total. The van der Waals surface area contributed by atoms with E-state index in [1.807, 2.05) is 0 Å². The van der Waals surface area contributed by atoms with Crippen LogP contribution in [0.5, 0.6) is 0 Å². The summed E-state index contributed by atoms with van der Waals surface area (Å²) < 4.78 is 63.5. The van der Waals surface area contributed by atoms with Crippen molar-refractivity contribution in [3.05, 3.63) is 0 Å². The third kappa shape index (κ3) is 41.1. The molecule has 1 rings (SSSR count). The standard InChI is InChI=1S/C37H74NO19P3.5Na/c1-2-3-4-5-6-7-8-9-10-12-16-19-22-25-31(40)54-29(27-52-30(39)24-21-18-15-13-11-14-17-20-23-26-38)28-53-60(50,51)57-37-33(42)35(55-58(44,45)46)32(41)36(34(37)43)56-59(47,48)49;;;;;/h29,32-37,41-43H,2-28,38H2,1H3,(H,50,51)(H2,44,45,46)(H2,47,48,49);;;;;/q;5*+1/p-5/t29-,32?,33-,34-,35-,36+,37?;;;;;/m1...../s1. The second kappa shape index (κ2) is 45.5. The van der Waals surface area contributed by atoms with Gasteiger partial charge in [0.2, 0.25) is 0 Å². The number of hydrogen-bond donors (Lipinski definition) is 4. The average Bonchev–Trinajstić information content (AvgIpc) is 3.16. The maximum Gasteiger partial charge on any atom is 1.00 e. The van der Waals surface area contributed by atoms with Crippen LogP contribution < -0.4 is 178 Å². The Morgan fingerprint density at radius 3 is 1.18 bits per heavy atom. The van der Waals surface area contributed by atoms with Crippen LogP contribution in [0.2, 0.25) is 0 Å². The summed E-state index contributed by atoms with van der Waals surface area (Å²) in [5.41, 5.74) is 5.51. The largest absolute Gasteiger partial charge is 1.00 e. The van der Waals surface area contributed by atoms with Crippen LogP contribution in [-0.4, -0.2) is 89.7 Å². The molecule has 1 saturated carbocycles. The topological polar surface area (TPSA) is 343 Å². The number of phosphoric ester groups is 3. The fourth-order valence-electron chi connectivity index (χ4n) is 6.75. The predicted molar refractivity (Wildman–Crippen MR) is 208 cm³/mol. The molecular weight excluding hydrogens is 970 g/mol. The number of nitrogens with two attached hydrogens (primary N) is 1. The van der Waals surface area contributed by atoms with Gasteiger partial charge in [-0.2, -0.15) is 0 Å².